The predicted molar refractivity (Wildman–Crippen MR) is 63.7 cm³/mol. The highest BCUT2D eigenvalue weighted by Gasteiger charge is 2.48. The summed E-state index contributed by atoms with van der Waals surface area (Å²) < 4.78 is 5.68. The van der Waals surface area contributed by atoms with Gasteiger partial charge in [0.2, 0.25) is 0 Å². The van der Waals surface area contributed by atoms with Crippen molar-refractivity contribution in [3.05, 3.63) is 0 Å². The molecule has 0 aromatic heterocycles. The molecule has 2 atom stereocenters. The maximum Gasteiger partial charge on any atom is 0.0655 e. The third-order valence-corrected chi connectivity index (χ3v) is 3.43. The van der Waals surface area contributed by atoms with Crippen molar-refractivity contribution in [3.63, 3.8) is 0 Å². The van der Waals surface area contributed by atoms with Crippen molar-refractivity contribution in [1.29, 1.82) is 0 Å². The van der Waals surface area contributed by atoms with E-state index in [1.807, 2.05) is 0 Å². The molecule has 2 unspecified atom stereocenters. The Morgan fingerprint density at radius 2 is 2.27 bits per heavy atom. The number of hydrogen-bond donors (Lipinski definition) is 1. The summed E-state index contributed by atoms with van der Waals surface area (Å²) in [6.07, 6.45) is 8.71. The van der Waals surface area contributed by atoms with E-state index in [4.69, 9.17) is 11.2 Å². The lowest BCUT2D eigenvalue weighted by atomic mass is 9.64. The van der Waals surface area contributed by atoms with E-state index in [-0.39, 0.29) is 5.41 Å². The van der Waals surface area contributed by atoms with Crippen LogP contribution in [-0.4, -0.2) is 25.3 Å². The van der Waals surface area contributed by atoms with Gasteiger partial charge in [-0.1, -0.05) is 13.8 Å². The number of ether oxygens (including phenoxy) is 1. The molecule has 0 aromatic rings. The van der Waals surface area contributed by atoms with E-state index in [1.165, 1.54) is 0 Å². The lowest BCUT2D eigenvalue weighted by Gasteiger charge is -2.52. The van der Waals surface area contributed by atoms with Gasteiger partial charge >= 0.3 is 0 Å². The molecule has 0 heterocycles. The van der Waals surface area contributed by atoms with Gasteiger partial charge in [-0.3, -0.25) is 0 Å². The minimum Gasteiger partial charge on any atom is -0.378 e. The Hall–Kier alpha value is -0.520. The first-order chi connectivity index (χ1) is 7.12. The van der Waals surface area contributed by atoms with Crippen molar-refractivity contribution in [2.45, 2.75) is 52.2 Å². The molecule has 2 heteroatoms. The van der Waals surface area contributed by atoms with Crippen LogP contribution in [0.3, 0.4) is 0 Å². The lowest BCUT2D eigenvalue weighted by Crippen LogP contribution is -2.61. The average Bonchev–Trinajstić information content (AvgIpc) is 2.21. The first kappa shape index (κ1) is 12.5. The van der Waals surface area contributed by atoms with Crippen LogP contribution >= 0.6 is 0 Å². The molecule has 0 radical (unpaired) electrons. The fourth-order valence-corrected chi connectivity index (χ4v) is 2.18. The molecule has 2 nitrogen and oxygen atoms in total. The summed E-state index contributed by atoms with van der Waals surface area (Å²) in [7, 11) is 0. The maximum absolute atomic E-state index is 5.68. The van der Waals surface area contributed by atoms with Crippen LogP contribution < -0.4 is 5.32 Å². The number of rotatable bonds is 6. The summed E-state index contributed by atoms with van der Waals surface area (Å²) in [5.41, 5.74) is 0.270. The molecule has 0 spiro atoms. The Bertz CT molecular complexity index is 229. The molecule has 1 aliphatic carbocycles. The molecule has 0 aliphatic heterocycles. The second-order valence-electron chi connectivity index (χ2n) is 4.82. The summed E-state index contributed by atoms with van der Waals surface area (Å²) in [6.45, 7) is 8.45. The van der Waals surface area contributed by atoms with Crippen LogP contribution in [0.15, 0.2) is 0 Å². The average molecular weight is 209 g/mol. The van der Waals surface area contributed by atoms with Crippen molar-refractivity contribution >= 4 is 0 Å². The molecule has 1 rings (SSSR count). The molecule has 1 fully saturated rings. The zero-order valence-corrected chi connectivity index (χ0v) is 10.2. The number of hydrogen-bond acceptors (Lipinski definition) is 2. The standard InChI is InChI=1S/C13H23NO/c1-5-7-8-9-14-11-10-12(15-6-2)13(11,3)4/h1,11-12,14H,6-10H2,2-4H3. The SMILES string of the molecule is C#CCCCNC1CC(OCC)C1(C)C. The highest BCUT2D eigenvalue weighted by Crippen LogP contribution is 2.42. The third kappa shape index (κ3) is 2.96. The third-order valence-electron chi connectivity index (χ3n) is 3.43. The molecule has 0 saturated heterocycles. The molecule has 15 heavy (non-hydrogen) atoms. The molecule has 86 valence electrons. The van der Waals surface area contributed by atoms with Crippen LogP contribution in [0.1, 0.15) is 40.0 Å². The van der Waals surface area contributed by atoms with Gasteiger partial charge in [-0.2, -0.15) is 0 Å². The lowest BCUT2D eigenvalue weighted by molar-refractivity contribution is -0.113. The van der Waals surface area contributed by atoms with Gasteiger partial charge in [0.05, 0.1) is 6.10 Å². The molecule has 1 aliphatic rings. The highest BCUT2D eigenvalue weighted by molar-refractivity contribution is 5.02. The van der Waals surface area contributed by atoms with Gasteiger partial charge in [-0.25, -0.2) is 0 Å². The second-order valence-corrected chi connectivity index (χ2v) is 4.82. The topological polar surface area (TPSA) is 21.3 Å². The zero-order valence-electron chi connectivity index (χ0n) is 10.2. The van der Waals surface area contributed by atoms with Gasteiger partial charge in [0.25, 0.3) is 0 Å². The van der Waals surface area contributed by atoms with E-state index in [2.05, 4.69) is 32.0 Å². The van der Waals surface area contributed by atoms with Crippen LogP contribution in [0.4, 0.5) is 0 Å². The molecule has 1 N–H and O–H groups in total. The monoisotopic (exact) mass is 209 g/mol. The first-order valence-electron chi connectivity index (χ1n) is 5.91. The van der Waals surface area contributed by atoms with E-state index in [0.29, 0.717) is 12.1 Å². The van der Waals surface area contributed by atoms with E-state index >= 15 is 0 Å². The van der Waals surface area contributed by atoms with E-state index in [1.54, 1.807) is 0 Å². The zero-order chi connectivity index (χ0) is 11.3. The molecule has 0 bridgehead atoms. The molecular weight excluding hydrogens is 186 g/mol. The van der Waals surface area contributed by atoms with Crippen molar-refractivity contribution < 1.29 is 4.74 Å². The van der Waals surface area contributed by atoms with Crippen molar-refractivity contribution in [2.24, 2.45) is 5.41 Å². The predicted octanol–water partition coefficient (Wildman–Crippen LogP) is 2.19. The van der Waals surface area contributed by atoms with Gasteiger partial charge in [0.1, 0.15) is 0 Å². The minimum atomic E-state index is 0.270. The Balaban J connectivity index is 2.20. The Morgan fingerprint density at radius 1 is 1.53 bits per heavy atom. The van der Waals surface area contributed by atoms with Gasteiger partial charge in [-0.05, 0) is 26.3 Å². The Kier molecular flexibility index (Phi) is 4.63. The van der Waals surface area contributed by atoms with Gasteiger partial charge in [-0.15, -0.1) is 12.3 Å². The Morgan fingerprint density at radius 3 is 2.80 bits per heavy atom. The fourth-order valence-electron chi connectivity index (χ4n) is 2.18. The molecule has 0 amide bonds. The molecule has 1 saturated carbocycles. The van der Waals surface area contributed by atoms with E-state index in [0.717, 1.165) is 32.4 Å². The second kappa shape index (κ2) is 5.53. The van der Waals surface area contributed by atoms with Crippen LogP contribution in [0, 0.1) is 17.8 Å². The maximum atomic E-state index is 5.68. The largest absolute Gasteiger partial charge is 0.378 e. The van der Waals surface area contributed by atoms with E-state index < -0.39 is 0 Å². The molecular formula is C13H23NO. The van der Waals surface area contributed by atoms with Gasteiger partial charge in [0.15, 0.2) is 0 Å². The number of unbranched alkanes of at least 4 members (excludes halogenated alkanes) is 1. The number of terminal acetylenes is 1. The quantitative estimate of drug-likeness (QED) is 0.535. The summed E-state index contributed by atoms with van der Waals surface area (Å²) in [5.74, 6) is 2.66. The fraction of sp³-hybridized carbons (Fsp3) is 0.846. The van der Waals surface area contributed by atoms with Crippen LogP contribution in [0.25, 0.3) is 0 Å². The van der Waals surface area contributed by atoms with Crippen molar-refractivity contribution in [1.82, 2.24) is 5.32 Å². The molecule has 0 aromatic carbocycles. The van der Waals surface area contributed by atoms with Gasteiger partial charge < -0.3 is 10.1 Å². The smallest absolute Gasteiger partial charge is 0.0655 e. The van der Waals surface area contributed by atoms with Crippen molar-refractivity contribution in [2.75, 3.05) is 13.2 Å². The minimum absolute atomic E-state index is 0.270. The number of nitrogens with one attached hydrogen (secondary N) is 1. The summed E-state index contributed by atoms with van der Waals surface area (Å²) in [6, 6.07) is 0.590. The normalized spacial score (nSPS) is 28.1. The highest BCUT2D eigenvalue weighted by atomic mass is 16.5. The summed E-state index contributed by atoms with van der Waals surface area (Å²) in [5, 5.41) is 3.56. The van der Waals surface area contributed by atoms with Gasteiger partial charge in [0, 0.05) is 24.5 Å². The Labute approximate surface area is 93.8 Å². The first-order valence-corrected chi connectivity index (χ1v) is 5.91. The summed E-state index contributed by atoms with van der Waals surface area (Å²) in [4.78, 5) is 0. The van der Waals surface area contributed by atoms with Crippen LogP contribution in [0.5, 0.6) is 0 Å². The van der Waals surface area contributed by atoms with Crippen molar-refractivity contribution in [3.8, 4) is 12.3 Å². The van der Waals surface area contributed by atoms with E-state index in [9.17, 15) is 0 Å². The van der Waals surface area contributed by atoms with Crippen LogP contribution in [0.2, 0.25) is 0 Å². The summed E-state index contributed by atoms with van der Waals surface area (Å²) >= 11 is 0. The van der Waals surface area contributed by atoms with Crippen LogP contribution in [-0.2, 0) is 4.74 Å².